The minimum absolute atomic E-state index is 0.0160. The van der Waals surface area contributed by atoms with E-state index in [0.29, 0.717) is 13.2 Å². The Morgan fingerprint density at radius 2 is 1.64 bits per heavy atom. The van der Waals surface area contributed by atoms with E-state index < -0.39 is 0 Å². The summed E-state index contributed by atoms with van der Waals surface area (Å²) in [4.78, 5) is 14.3. The van der Waals surface area contributed by atoms with Crippen molar-refractivity contribution in [2.75, 3.05) is 18.1 Å². The van der Waals surface area contributed by atoms with Crippen molar-refractivity contribution in [3.05, 3.63) is 54.1 Å². The third-order valence-corrected chi connectivity index (χ3v) is 5.43. The molecule has 0 unspecified atom stereocenters. The lowest BCUT2D eigenvalue weighted by atomic mass is 9.91. The highest BCUT2D eigenvalue weighted by atomic mass is 32.1. The molecule has 2 aromatic rings. The van der Waals surface area contributed by atoms with Crippen molar-refractivity contribution >= 4 is 24.2 Å². The van der Waals surface area contributed by atoms with Gasteiger partial charge < -0.3 is 14.4 Å². The number of benzene rings is 2. The van der Waals surface area contributed by atoms with E-state index in [0.717, 1.165) is 48.4 Å². The number of nitrogens with zero attached hydrogens (tertiary/aromatic N) is 1. The van der Waals surface area contributed by atoms with Crippen LogP contribution in [0.1, 0.15) is 51.1 Å². The van der Waals surface area contributed by atoms with Gasteiger partial charge >= 0.3 is 0 Å². The number of unbranched alkanes of at least 4 members (excludes halogenated alkanes) is 2. The van der Waals surface area contributed by atoms with Crippen LogP contribution in [0.5, 0.6) is 11.5 Å². The second-order valence-corrected chi connectivity index (χ2v) is 7.59. The highest BCUT2D eigenvalue weighted by Gasteiger charge is 2.48. The molecule has 0 bridgehead atoms. The average molecular weight is 400 g/mol. The summed E-state index contributed by atoms with van der Waals surface area (Å²) >= 11 is 4.57. The zero-order valence-electron chi connectivity index (χ0n) is 16.6. The third kappa shape index (κ3) is 4.46. The molecular weight excluding hydrogens is 370 g/mol. The molecule has 0 N–H and O–H groups in total. The van der Waals surface area contributed by atoms with Crippen molar-refractivity contribution < 1.29 is 14.3 Å². The topological polar surface area (TPSA) is 38.8 Å². The second-order valence-electron chi connectivity index (χ2n) is 7.04. The van der Waals surface area contributed by atoms with E-state index in [1.807, 2.05) is 48.5 Å². The van der Waals surface area contributed by atoms with Gasteiger partial charge in [-0.05, 0) is 37.1 Å². The number of amides is 1. The Labute approximate surface area is 173 Å². The Morgan fingerprint density at radius 3 is 2.32 bits per heavy atom. The largest absolute Gasteiger partial charge is 0.493 e. The summed E-state index contributed by atoms with van der Waals surface area (Å²) in [5, 5.41) is -0.374. The van der Waals surface area contributed by atoms with Gasteiger partial charge in [0.25, 0.3) is 0 Å². The van der Waals surface area contributed by atoms with Crippen LogP contribution in [0.4, 0.5) is 5.69 Å². The normalized spacial score (nSPS) is 18.7. The summed E-state index contributed by atoms with van der Waals surface area (Å²) in [6.07, 6.45) is 4.16. The van der Waals surface area contributed by atoms with Crippen molar-refractivity contribution in [2.24, 2.45) is 0 Å². The van der Waals surface area contributed by atoms with Crippen LogP contribution in [0.25, 0.3) is 0 Å². The number of thiol groups is 1. The minimum Gasteiger partial charge on any atom is -0.493 e. The van der Waals surface area contributed by atoms with E-state index in [2.05, 4.69) is 26.5 Å². The van der Waals surface area contributed by atoms with Gasteiger partial charge in [0.15, 0.2) is 0 Å². The highest BCUT2D eigenvalue weighted by Crippen LogP contribution is 2.45. The first-order valence-corrected chi connectivity index (χ1v) is 10.6. The minimum atomic E-state index is -0.374. The van der Waals surface area contributed by atoms with Crippen molar-refractivity contribution in [1.82, 2.24) is 0 Å². The Balaban J connectivity index is 1.88. The molecule has 5 heteroatoms. The first-order valence-electron chi connectivity index (χ1n) is 10.1. The van der Waals surface area contributed by atoms with Crippen LogP contribution in [0.15, 0.2) is 48.5 Å². The van der Waals surface area contributed by atoms with E-state index in [4.69, 9.17) is 9.47 Å². The fourth-order valence-corrected chi connectivity index (χ4v) is 3.71. The quantitative estimate of drug-likeness (QED) is 0.329. The Bertz CT molecular complexity index is 781. The summed E-state index contributed by atoms with van der Waals surface area (Å²) in [5.41, 5.74) is 1.85. The van der Waals surface area contributed by atoms with Gasteiger partial charge in [0, 0.05) is 17.3 Å². The van der Waals surface area contributed by atoms with Crippen LogP contribution < -0.4 is 14.4 Å². The Kier molecular flexibility index (Phi) is 7.26. The lowest BCUT2D eigenvalue weighted by molar-refractivity contribution is -0.123. The van der Waals surface area contributed by atoms with Gasteiger partial charge in [0.1, 0.15) is 16.7 Å². The van der Waals surface area contributed by atoms with Crippen LogP contribution in [0.3, 0.4) is 0 Å². The van der Waals surface area contributed by atoms with E-state index in [9.17, 15) is 4.79 Å². The van der Waals surface area contributed by atoms with Gasteiger partial charge in [-0.3, -0.25) is 4.79 Å². The first-order chi connectivity index (χ1) is 13.7. The standard InChI is InChI=1S/C23H29NO3S/c1-3-5-14-26-18-12-13-19(20(16-18)27-15-6-4-2)21-22(28)23(25)24(21)17-10-8-7-9-11-17/h7-13,16,21-22,28H,3-6,14-15H2,1-2H3/t21-,22+/m1/s1. The van der Waals surface area contributed by atoms with Gasteiger partial charge in [-0.25, -0.2) is 0 Å². The molecule has 2 atom stereocenters. The number of para-hydroxylation sites is 1. The van der Waals surface area contributed by atoms with Crippen LogP contribution in [0.2, 0.25) is 0 Å². The van der Waals surface area contributed by atoms with E-state index in [1.165, 1.54) is 0 Å². The van der Waals surface area contributed by atoms with Crippen LogP contribution >= 0.6 is 12.6 Å². The molecule has 4 nitrogen and oxygen atoms in total. The fourth-order valence-electron chi connectivity index (χ4n) is 3.29. The maximum Gasteiger partial charge on any atom is 0.242 e. The molecule has 2 aromatic carbocycles. The Hall–Kier alpha value is -2.14. The van der Waals surface area contributed by atoms with Crippen LogP contribution in [-0.2, 0) is 4.79 Å². The third-order valence-electron chi connectivity index (χ3n) is 4.93. The predicted molar refractivity (Wildman–Crippen MR) is 117 cm³/mol. The van der Waals surface area contributed by atoms with E-state index in [1.54, 1.807) is 4.90 Å². The number of anilines is 1. The number of ether oxygens (including phenoxy) is 2. The van der Waals surface area contributed by atoms with Crippen LogP contribution in [0, 0.1) is 0 Å². The second kappa shape index (κ2) is 9.87. The van der Waals surface area contributed by atoms with Crippen molar-refractivity contribution in [2.45, 2.75) is 50.8 Å². The van der Waals surface area contributed by atoms with Gasteiger partial charge in [-0.2, -0.15) is 12.6 Å². The molecule has 0 saturated carbocycles. The molecule has 150 valence electrons. The molecule has 1 heterocycles. The summed E-state index contributed by atoms with van der Waals surface area (Å²) in [6, 6.07) is 15.5. The molecule has 3 rings (SSSR count). The average Bonchev–Trinajstić information content (AvgIpc) is 2.73. The van der Waals surface area contributed by atoms with Gasteiger partial charge in [-0.1, -0.05) is 44.9 Å². The maximum absolute atomic E-state index is 12.5. The molecular formula is C23H29NO3S. The SMILES string of the molecule is CCCCOc1ccc([C@@H]2[C@H](S)C(=O)N2c2ccccc2)c(OCCCC)c1. The Morgan fingerprint density at radius 1 is 0.964 bits per heavy atom. The maximum atomic E-state index is 12.5. The summed E-state index contributed by atoms with van der Waals surface area (Å²) in [5.74, 6) is 1.60. The molecule has 0 aromatic heterocycles. The van der Waals surface area contributed by atoms with Crippen molar-refractivity contribution in [3.63, 3.8) is 0 Å². The number of carbonyl (C=O) groups excluding carboxylic acids is 1. The zero-order chi connectivity index (χ0) is 19.9. The zero-order valence-corrected chi connectivity index (χ0v) is 17.5. The number of rotatable bonds is 10. The fraction of sp³-hybridized carbons (Fsp3) is 0.435. The van der Waals surface area contributed by atoms with Gasteiger partial charge in [0.05, 0.1) is 19.3 Å². The lowest BCUT2D eigenvalue weighted by Crippen LogP contribution is -2.56. The predicted octanol–water partition coefficient (Wildman–Crippen LogP) is 5.43. The molecule has 1 fully saturated rings. The molecule has 1 amide bonds. The summed E-state index contributed by atoms with van der Waals surface area (Å²) in [6.45, 7) is 5.62. The van der Waals surface area contributed by atoms with E-state index >= 15 is 0 Å². The smallest absolute Gasteiger partial charge is 0.242 e. The lowest BCUT2D eigenvalue weighted by Gasteiger charge is -2.45. The molecule has 1 saturated heterocycles. The van der Waals surface area contributed by atoms with Gasteiger partial charge in [-0.15, -0.1) is 0 Å². The summed E-state index contributed by atoms with van der Waals surface area (Å²) in [7, 11) is 0. The highest BCUT2D eigenvalue weighted by molar-refractivity contribution is 7.82. The molecule has 1 aliphatic rings. The molecule has 0 aliphatic carbocycles. The van der Waals surface area contributed by atoms with Crippen LogP contribution in [-0.4, -0.2) is 24.4 Å². The first kappa shape index (κ1) is 20.6. The number of hydrogen-bond donors (Lipinski definition) is 1. The van der Waals surface area contributed by atoms with Gasteiger partial charge in [0.2, 0.25) is 5.91 Å². The number of carbonyl (C=O) groups is 1. The summed E-state index contributed by atoms with van der Waals surface area (Å²) < 4.78 is 12.0. The molecule has 0 spiro atoms. The monoisotopic (exact) mass is 399 g/mol. The number of hydrogen-bond acceptors (Lipinski definition) is 4. The molecule has 0 radical (unpaired) electrons. The molecule has 1 aliphatic heterocycles. The molecule has 28 heavy (non-hydrogen) atoms. The van der Waals surface area contributed by atoms with E-state index in [-0.39, 0.29) is 17.2 Å². The van der Waals surface area contributed by atoms with Crippen molar-refractivity contribution in [1.29, 1.82) is 0 Å². The van der Waals surface area contributed by atoms with Crippen molar-refractivity contribution in [3.8, 4) is 11.5 Å². The number of β-lactam (4-membered cyclic amide) rings is 1.